The van der Waals surface area contributed by atoms with E-state index in [0.29, 0.717) is 25.6 Å². The van der Waals surface area contributed by atoms with Gasteiger partial charge in [0.1, 0.15) is 0 Å². The van der Waals surface area contributed by atoms with Crippen LogP contribution >= 0.6 is 0 Å². The van der Waals surface area contributed by atoms with Gasteiger partial charge in [-0.15, -0.1) is 0 Å². The number of ether oxygens (including phenoxy) is 1. The van der Waals surface area contributed by atoms with Crippen molar-refractivity contribution < 1.29 is 9.84 Å². The summed E-state index contributed by atoms with van der Waals surface area (Å²) in [7, 11) is 0. The van der Waals surface area contributed by atoms with Gasteiger partial charge in [-0.25, -0.2) is 0 Å². The van der Waals surface area contributed by atoms with E-state index in [2.05, 4.69) is 25.1 Å². The molecular weight excluding hydrogens is 272 g/mol. The highest BCUT2D eigenvalue weighted by molar-refractivity contribution is 5.18. The summed E-state index contributed by atoms with van der Waals surface area (Å²) in [6, 6.07) is 19.9. The number of hydrogen-bond donors (Lipinski definition) is 1. The molecule has 0 aliphatic rings. The van der Waals surface area contributed by atoms with E-state index in [1.807, 2.05) is 54.6 Å². The third kappa shape index (κ3) is 5.84. The van der Waals surface area contributed by atoms with Crippen molar-refractivity contribution in [2.24, 2.45) is 5.92 Å². The first-order valence-electron chi connectivity index (χ1n) is 7.77. The van der Waals surface area contributed by atoms with E-state index in [4.69, 9.17) is 4.74 Å². The molecule has 2 heteroatoms. The molecule has 0 heterocycles. The maximum Gasteiger partial charge on any atom is 0.0824 e. The number of aliphatic hydroxyl groups excluding tert-OH is 1. The highest BCUT2D eigenvalue weighted by atomic mass is 16.5. The summed E-state index contributed by atoms with van der Waals surface area (Å²) in [6.45, 7) is 3.45. The minimum atomic E-state index is -0.435. The van der Waals surface area contributed by atoms with Gasteiger partial charge in [0.25, 0.3) is 0 Å². The average molecular weight is 296 g/mol. The molecule has 0 unspecified atom stereocenters. The lowest BCUT2D eigenvalue weighted by Gasteiger charge is -2.10. The molecule has 0 spiro atoms. The topological polar surface area (TPSA) is 29.5 Å². The Kier molecular flexibility index (Phi) is 6.88. The van der Waals surface area contributed by atoms with Crippen LogP contribution in [0.2, 0.25) is 0 Å². The van der Waals surface area contributed by atoms with E-state index in [9.17, 15) is 5.11 Å². The Bertz CT molecular complexity index is 548. The normalized spacial score (nSPS) is 14.1. The third-order valence-electron chi connectivity index (χ3n) is 3.50. The first kappa shape index (κ1) is 16.5. The fourth-order valence-electron chi connectivity index (χ4n) is 2.24. The van der Waals surface area contributed by atoms with Crippen LogP contribution in [0.25, 0.3) is 0 Å². The molecule has 0 aromatic heterocycles. The Balaban J connectivity index is 1.67. The van der Waals surface area contributed by atoms with Gasteiger partial charge < -0.3 is 9.84 Å². The second-order valence-corrected chi connectivity index (χ2v) is 5.57. The molecule has 2 nitrogen and oxygen atoms in total. The van der Waals surface area contributed by atoms with Crippen LogP contribution in [-0.2, 0) is 11.3 Å². The van der Waals surface area contributed by atoms with Gasteiger partial charge >= 0.3 is 0 Å². The van der Waals surface area contributed by atoms with Gasteiger partial charge in [-0.05, 0) is 23.5 Å². The van der Waals surface area contributed by atoms with Crippen molar-refractivity contribution in [1.29, 1.82) is 0 Å². The molecule has 2 aromatic rings. The zero-order chi connectivity index (χ0) is 15.6. The number of aliphatic hydroxyl groups is 1. The maximum atomic E-state index is 10.1. The first-order chi connectivity index (χ1) is 10.8. The fourth-order valence-corrected chi connectivity index (χ4v) is 2.24. The molecule has 0 fully saturated rings. The highest BCUT2D eigenvalue weighted by Crippen LogP contribution is 2.16. The molecule has 0 aliphatic carbocycles. The quantitative estimate of drug-likeness (QED) is 0.726. The van der Waals surface area contributed by atoms with Crippen molar-refractivity contribution in [3.8, 4) is 0 Å². The second kappa shape index (κ2) is 9.19. The molecule has 0 saturated heterocycles. The van der Waals surface area contributed by atoms with E-state index >= 15 is 0 Å². The molecule has 0 radical (unpaired) electrons. The lowest BCUT2D eigenvalue weighted by atomic mass is 10.1. The standard InChI is InChI=1S/C20H24O2/c1-17(15-22-16-18-10-4-2-5-11-18)9-8-14-20(21)19-12-6-3-7-13-19/h2-13,17,20-21H,14-16H2,1H3/b9-8+/t17-,20-/m0/s1. The lowest BCUT2D eigenvalue weighted by molar-refractivity contribution is 0.104. The Labute approximate surface area is 133 Å². The molecule has 0 aliphatic heterocycles. The van der Waals surface area contributed by atoms with Gasteiger partial charge in [0.05, 0.1) is 19.3 Å². The second-order valence-electron chi connectivity index (χ2n) is 5.57. The number of hydrogen-bond acceptors (Lipinski definition) is 2. The SMILES string of the molecule is C[C@@H](/C=C/C[C@H](O)c1ccccc1)COCc1ccccc1. The Morgan fingerprint density at radius 2 is 1.64 bits per heavy atom. The molecule has 2 atom stereocenters. The van der Waals surface area contributed by atoms with Crippen molar-refractivity contribution in [1.82, 2.24) is 0 Å². The van der Waals surface area contributed by atoms with Crippen LogP contribution in [0.15, 0.2) is 72.8 Å². The van der Waals surface area contributed by atoms with E-state index in [0.717, 1.165) is 5.56 Å². The van der Waals surface area contributed by atoms with Crippen LogP contribution in [0.4, 0.5) is 0 Å². The molecule has 0 amide bonds. The Hall–Kier alpha value is -1.90. The van der Waals surface area contributed by atoms with Gasteiger partial charge in [0, 0.05) is 0 Å². The molecule has 1 N–H and O–H groups in total. The van der Waals surface area contributed by atoms with Crippen LogP contribution in [0.1, 0.15) is 30.6 Å². The summed E-state index contributed by atoms with van der Waals surface area (Å²) in [5.41, 5.74) is 2.15. The first-order valence-corrected chi connectivity index (χ1v) is 7.77. The predicted molar refractivity (Wildman–Crippen MR) is 90.4 cm³/mol. The lowest BCUT2D eigenvalue weighted by Crippen LogP contribution is -2.03. The van der Waals surface area contributed by atoms with Crippen molar-refractivity contribution in [2.45, 2.75) is 26.1 Å². The fraction of sp³-hybridized carbons (Fsp3) is 0.300. The van der Waals surface area contributed by atoms with Crippen molar-refractivity contribution in [3.63, 3.8) is 0 Å². The van der Waals surface area contributed by atoms with Crippen LogP contribution < -0.4 is 0 Å². The van der Waals surface area contributed by atoms with E-state index in [1.165, 1.54) is 5.56 Å². The summed E-state index contributed by atoms with van der Waals surface area (Å²) in [4.78, 5) is 0. The number of rotatable bonds is 8. The van der Waals surface area contributed by atoms with Gasteiger partial charge in [-0.3, -0.25) is 0 Å². The Morgan fingerprint density at radius 1 is 1.00 bits per heavy atom. The van der Waals surface area contributed by atoms with E-state index in [1.54, 1.807) is 0 Å². The molecule has 0 saturated carbocycles. The highest BCUT2D eigenvalue weighted by Gasteiger charge is 2.04. The zero-order valence-electron chi connectivity index (χ0n) is 13.1. The van der Waals surface area contributed by atoms with Gasteiger partial charge in [-0.2, -0.15) is 0 Å². The largest absolute Gasteiger partial charge is 0.388 e. The van der Waals surface area contributed by atoms with E-state index in [-0.39, 0.29) is 0 Å². The van der Waals surface area contributed by atoms with Gasteiger partial charge in [0.2, 0.25) is 0 Å². The van der Waals surface area contributed by atoms with Crippen LogP contribution in [0.5, 0.6) is 0 Å². The molecule has 2 rings (SSSR count). The van der Waals surface area contributed by atoms with Gasteiger partial charge in [0.15, 0.2) is 0 Å². The third-order valence-corrected chi connectivity index (χ3v) is 3.50. The summed E-state index contributed by atoms with van der Waals surface area (Å²) in [5.74, 6) is 0.340. The minimum absolute atomic E-state index is 0.340. The minimum Gasteiger partial charge on any atom is -0.388 e. The van der Waals surface area contributed by atoms with Crippen LogP contribution in [0.3, 0.4) is 0 Å². The molecule has 116 valence electrons. The Morgan fingerprint density at radius 3 is 2.32 bits per heavy atom. The van der Waals surface area contributed by atoms with Crippen molar-refractivity contribution in [3.05, 3.63) is 83.9 Å². The smallest absolute Gasteiger partial charge is 0.0824 e. The molecule has 2 aromatic carbocycles. The van der Waals surface area contributed by atoms with Crippen molar-refractivity contribution in [2.75, 3.05) is 6.61 Å². The molecule has 22 heavy (non-hydrogen) atoms. The van der Waals surface area contributed by atoms with Crippen LogP contribution in [-0.4, -0.2) is 11.7 Å². The van der Waals surface area contributed by atoms with Crippen LogP contribution in [0, 0.1) is 5.92 Å². The van der Waals surface area contributed by atoms with E-state index < -0.39 is 6.10 Å². The molecule has 0 bridgehead atoms. The zero-order valence-corrected chi connectivity index (χ0v) is 13.1. The van der Waals surface area contributed by atoms with Gasteiger partial charge in [-0.1, -0.05) is 79.7 Å². The average Bonchev–Trinajstić information content (AvgIpc) is 2.56. The number of benzene rings is 2. The maximum absolute atomic E-state index is 10.1. The summed E-state index contributed by atoms with van der Waals surface area (Å²) < 4.78 is 5.71. The predicted octanol–water partition coefficient (Wildman–Crippen LogP) is 4.52. The molecular formula is C20H24O2. The summed E-state index contributed by atoms with van der Waals surface area (Å²) in [6.07, 6.45) is 4.34. The monoisotopic (exact) mass is 296 g/mol. The summed E-state index contributed by atoms with van der Waals surface area (Å²) in [5, 5.41) is 10.1. The summed E-state index contributed by atoms with van der Waals surface area (Å²) >= 11 is 0. The van der Waals surface area contributed by atoms with Crippen molar-refractivity contribution >= 4 is 0 Å².